The van der Waals surface area contributed by atoms with Crippen molar-refractivity contribution in [2.24, 2.45) is 11.8 Å². The zero-order valence-corrected chi connectivity index (χ0v) is 14.9. The molecule has 134 valence electrons. The van der Waals surface area contributed by atoms with Crippen LogP contribution < -0.4 is 0 Å². The molecule has 2 fully saturated rings. The minimum absolute atomic E-state index is 0.0830. The molecular weight excluding hydrogens is 304 g/mol. The van der Waals surface area contributed by atoms with Crippen LogP contribution in [0.2, 0.25) is 0 Å². The van der Waals surface area contributed by atoms with Gasteiger partial charge in [-0.3, -0.25) is 0 Å². The van der Waals surface area contributed by atoms with Crippen molar-refractivity contribution < 1.29 is 18.9 Å². The first-order chi connectivity index (χ1) is 11.7. The van der Waals surface area contributed by atoms with E-state index in [1.165, 1.54) is 6.42 Å². The van der Waals surface area contributed by atoms with Gasteiger partial charge in [-0.05, 0) is 30.7 Å². The first kappa shape index (κ1) is 17.9. The highest BCUT2D eigenvalue weighted by Gasteiger charge is 2.46. The average molecular weight is 334 g/mol. The molecule has 24 heavy (non-hydrogen) atoms. The zero-order chi connectivity index (χ0) is 16.8. The summed E-state index contributed by atoms with van der Waals surface area (Å²) in [6, 6.07) is 10.1. The Labute approximate surface area is 145 Å². The molecule has 0 amide bonds. The largest absolute Gasteiger partial charge is 0.353 e. The zero-order valence-electron chi connectivity index (χ0n) is 14.9. The van der Waals surface area contributed by atoms with Crippen LogP contribution in [0.5, 0.6) is 0 Å². The highest BCUT2D eigenvalue weighted by atomic mass is 16.7. The van der Waals surface area contributed by atoms with Gasteiger partial charge in [-0.15, -0.1) is 0 Å². The van der Waals surface area contributed by atoms with Gasteiger partial charge in [0.1, 0.15) is 6.79 Å². The fraction of sp³-hybridized carbons (Fsp3) is 0.700. The van der Waals surface area contributed by atoms with Crippen molar-refractivity contribution in [2.45, 2.75) is 58.0 Å². The van der Waals surface area contributed by atoms with Gasteiger partial charge < -0.3 is 18.9 Å². The lowest BCUT2D eigenvalue weighted by Gasteiger charge is -2.49. The minimum Gasteiger partial charge on any atom is -0.353 e. The topological polar surface area (TPSA) is 36.9 Å². The van der Waals surface area contributed by atoms with Crippen LogP contribution in [-0.2, 0) is 25.6 Å². The van der Waals surface area contributed by atoms with E-state index in [0.29, 0.717) is 31.8 Å². The summed E-state index contributed by atoms with van der Waals surface area (Å²) < 4.78 is 23.8. The van der Waals surface area contributed by atoms with Crippen LogP contribution in [0, 0.1) is 11.8 Å². The summed E-state index contributed by atoms with van der Waals surface area (Å²) in [6.45, 7) is 6.73. The second kappa shape index (κ2) is 8.43. The van der Waals surface area contributed by atoms with Gasteiger partial charge in [0, 0.05) is 12.3 Å². The summed E-state index contributed by atoms with van der Waals surface area (Å²) in [5.74, 6) is 0.557. The van der Waals surface area contributed by atoms with Gasteiger partial charge in [0.05, 0.1) is 25.9 Å². The van der Waals surface area contributed by atoms with Crippen molar-refractivity contribution in [1.82, 2.24) is 0 Å². The lowest BCUT2D eigenvalue weighted by molar-refractivity contribution is -0.332. The van der Waals surface area contributed by atoms with E-state index in [1.54, 1.807) is 0 Å². The summed E-state index contributed by atoms with van der Waals surface area (Å²) in [5.41, 5.74) is 1.16. The van der Waals surface area contributed by atoms with Crippen LogP contribution in [0.25, 0.3) is 0 Å². The monoisotopic (exact) mass is 334 g/mol. The molecule has 0 radical (unpaired) electrons. The van der Waals surface area contributed by atoms with Crippen LogP contribution in [0.4, 0.5) is 0 Å². The van der Waals surface area contributed by atoms with Crippen LogP contribution >= 0.6 is 0 Å². The molecule has 0 saturated carbocycles. The van der Waals surface area contributed by atoms with Crippen molar-refractivity contribution in [2.75, 3.05) is 20.0 Å². The van der Waals surface area contributed by atoms with Gasteiger partial charge in [-0.25, -0.2) is 0 Å². The van der Waals surface area contributed by atoms with Gasteiger partial charge in [0.25, 0.3) is 0 Å². The molecule has 2 heterocycles. The SMILES string of the molecule is C[C@@H]1CCCO[C@@]12CC[C@H](C)[C@@H](COCOCc1ccccc1)O2. The number of benzene rings is 1. The van der Waals surface area contributed by atoms with Crippen LogP contribution in [0.3, 0.4) is 0 Å². The maximum atomic E-state index is 6.40. The minimum atomic E-state index is -0.385. The third kappa shape index (κ3) is 4.37. The molecule has 1 aromatic rings. The Morgan fingerprint density at radius 1 is 1.12 bits per heavy atom. The Balaban J connectivity index is 1.42. The third-order valence-corrected chi connectivity index (χ3v) is 5.37. The van der Waals surface area contributed by atoms with Crippen molar-refractivity contribution >= 4 is 0 Å². The molecule has 2 aliphatic rings. The molecule has 0 N–H and O–H groups in total. The molecule has 4 nitrogen and oxygen atoms in total. The maximum Gasteiger partial charge on any atom is 0.171 e. The Morgan fingerprint density at radius 2 is 1.96 bits per heavy atom. The molecule has 2 aliphatic heterocycles. The van der Waals surface area contributed by atoms with E-state index in [1.807, 2.05) is 18.2 Å². The standard InChI is InChI=1S/C20H30O4/c1-16-10-11-20(17(2)7-6-12-23-20)24-19(16)14-22-15-21-13-18-8-4-3-5-9-18/h3-5,8-9,16-17,19H,6-7,10-15H2,1-2H3/t16-,17+,19+,20+/m0/s1. The highest BCUT2D eigenvalue weighted by molar-refractivity contribution is 5.13. The van der Waals surface area contributed by atoms with E-state index >= 15 is 0 Å². The smallest absolute Gasteiger partial charge is 0.171 e. The Hall–Kier alpha value is -0.940. The van der Waals surface area contributed by atoms with Gasteiger partial charge in [0.15, 0.2) is 5.79 Å². The van der Waals surface area contributed by atoms with E-state index in [0.717, 1.165) is 31.4 Å². The normalized spacial score (nSPS) is 33.7. The molecule has 1 aromatic carbocycles. The molecule has 4 atom stereocenters. The summed E-state index contributed by atoms with van der Waals surface area (Å²) in [4.78, 5) is 0. The molecule has 1 spiro atoms. The Morgan fingerprint density at radius 3 is 2.75 bits per heavy atom. The van der Waals surface area contributed by atoms with E-state index in [9.17, 15) is 0 Å². The summed E-state index contributed by atoms with van der Waals surface area (Å²) in [7, 11) is 0. The fourth-order valence-electron chi connectivity index (χ4n) is 3.67. The van der Waals surface area contributed by atoms with E-state index in [-0.39, 0.29) is 11.9 Å². The number of ether oxygens (including phenoxy) is 4. The predicted molar refractivity (Wildman–Crippen MR) is 92.4 cm³/mol. The van der Waals surface area contributed by atoms with E-state index in [2.05, 4.69) is 26.0 Å². The molecule has 4 heteroatoms. The van der Waals surface area contributed by atoms with Crippen LogP contribution in [0.15, 0.2) is 30.3 Å². The lowest BCUT2D eigenvalue weighted by Crippen LogP contribution is -2.53. The fourth-order valence-corrected chi connectivity index (χ4v) is 3.67. The van der Waals surface area contributed by atoms with Crippen molar-refractivity contribution in [3.63, 3.8) is 0 Å². The highest BCUT2D eigenvalue weighted by Crippen LogP contribution is 2.42. The molecule has 3 rings (SSSR count). The molecule has 0 bridgehead atoms. The van der Waals surface area contributed by atoms with Crippen LogP contribution in [-0.4, -0.2) is 31.9 Å². The average Bonchev–Trinajstić information content (AvgIpc) is 2.61. The summed E-state index contributed by atoms with van der Waals surface area (Å²) in [5, 5.41) is 0. The lowest BCUT2D eigenvalue weighted by atomic mass is 9.83. The van der Waals surface area contributed by atoms with Gasteiger partial charge >= 0.3 is 0 Å². The van der Waals surface area contributed by atoms with Gasteiger partial charge in [-0.1, -0.05) is 44.2 Å². The van der Waals surface area contributed by atoms with Crippen molar-refractivity contribution in [1.29, 1.82) is 0 Å². The third-order valence-electron chi connectivity index (χ3n) is 5.37. The molecule has 0 aliphatic carbocycles. The molecule has 2 saturated heterocycles. The number of rotatable bonds is 6. The number of hydrogen-bond donors (Lipinski definition) is 0. The Kier molecular flexibility index (Phi) is 6.28. The van der Waals surface area contributed by atoms with Crippen molar-refractivity contribution in [3.8, 4) is 0 Å². The van der Waals surface area contributed by atoms with Gasteiger partial charge in [-0.2, -0.15) is 0 Å². The second-order valence-electron chi connectivity index (χ2n) is 7.20. The number of hydrogen-bond acceptors (Lipinski definition) is 4. The molecular formula is C20H30O4. The predicted octanol–water partition coefficient (Wildman–Crippen LogP) is 4.14. The summed E-state index contributed by atoms with van der Waals surface area (Å²) >= 11 is 0. The van der Waals surface area contributed by atoms with Crippen molar-refractivity contribution in [3.05, 3.63) is 35.9 Å². The quantitative estimate of drug-likeness (QED) is 0.579. The molecule has 0 aromatic heterocycles. The maximum absolute atomic E-state index is 6.40. The van der Waals surface area contributed by atoms with Gasteiger partial charge in [0.2, 0.25) is 0 Å². The van der Waals surface area contributed by atoms with E-state index < -0.39 is 0 Å². The van der Waals surface area contributed by atoms with E-state index in [4.69, 9.17) is 18.9 Å². The summed E-state index contributed by atoms with van der Waals surface area (Å²) in [6.07, 6.45) is 4.53. The Bertz CT molecular complexity index is 492. The molecule has 0 unspecified atom stereocenters. The first-order valence-electron chi connectivity index (χ1n) is 9.21. The first-order valence-corrected chi connectivity index (χ1v) is 9.21. The second-order valence-corrected chi connectivity index (χ2v) is 7.20. The van der Waals surface area contributed by atoms with Crippen LogP contribution in [0.1, 0.15) is 45.1 Å².